The molecule has 0 aliphatic rings. The monoisotopic (exact) mass is 227 g/mol. The van der Waals surface area contributed by atoms with Gasteiger partial charge in [-0.3, -0.25) is 4.98 Å². The average Bonchev–Trinajstić information content (AvgIpc) is 2.82. The highest BCUT2D eigenvalue weighted by Crippen LogP contribution is 2.18. The Balaban J connectivity index is 2.14. The third kappa shape index (κ3) is 1.69. The number of H-pyrrole nitrogens is 1. The van der Waals surface area contributed by atoms with Gasteiger partial charge in [-0.15, -0.1) is 0 Å². The lowest BCUT2D eigenvalue weighted by Crippen LogP contribution is -1.87. The first-order valence-electron chi connectivity index (χ1n) is 5.04. The molecule has 17 heavy (non-hydrogen) atoms. The van der Waals surface area contributed by atoms with E-state index in [9.17, 15) is 0 Å². The Kier molecular flexibility index (Phi) is 2.18. The predicted octanol–water partition coefficient (Wildman–Crippen LogP) is 1.42. The molecular weight excluding hydrogens is 218 g/mol. The van der Waals surface area contributed by atoms with Crippen molar-refractivity contribution in [2.24, 2.45) is 0 Å². The molecule has 0 aliphatic heterocycles. The van der Waals surface area contributed by atoms with Gasteiger partial charge in [-0.1, -0.05) is 0 Å². The third-order valence-electron chi connectivity index (χ3n) is 2.34. The Morgan fingerprint density at radius 1 is 1.18 bits per heavy atom. The van der Waals surface area contributed by atoms with Gasteiger partial charge in [-0.05, 0) is 6.07 Å². The predicted molar refractivity (Wildman–Crippen MR) is 61.5 cm³/mol. The van der Waals surface area contributed by atoms with Crippen molar-refractivity contribution in [3.05, 3.63) is 30.7 Å². The van der Waals surface area contributed by atoms with Gasteiger partial charge in [0.15, 0.2) is 11.5 Å². The first-order valence-corrected chi connectivity index (χ1v) is 5.04. The molecule has 3 aromatic heterocycles. The van der Waals surface area contributed by atoms with Gasteiger partial charge in [0.1, 0.15) is 5.69 Å². The molecule has 0 fully saturated rings. The van der Waals surface area contributed by atoms with E-state index in [-0.39, 0.29) is 0 Å². The summed E-state index contributed by atoms with van der Waals surface area (Å²) in [6.07, 6.45) is 4.89. The van der Waals surface area contributed by atoms with Crippen LogP contribution in [0.15, 0.2) is 30.7 Å². The van der Waals surface area contributed by atoms with Crippen LogP contribution >= 0.6 is 0 Å². The smallest absolute Gasteiger partial charge is 0.215 e. The van der Waals surface area contributed by atoms with Crippen LogP contribution in [-0.2, 0) is 0 Å². The van der Waals surface area contributed by atoms with Crippen molar-refractivity contribution in [1.82, 2.24) is 24.9 Å². The summed E-state index contributed by atoms with van der Waals surface area (Å²) in [5.41, 5.74) is 2.13. The summed E-state index contributed by atoms with van der Waals surface area (Å²) in [7, 11) is 1.57. The highest BCUT2D eigenvalue weighted by atomic mass is 16.5. The maximum Gasteiger partial charge on any atom is 0.215 e. The number of ether oxygens (including phenoxy) is 1. The summed E-state index contributed by atoms with van der Waals surface area (Å²) in [6, 6.07) is 3.65. The number of aromatic nitrogens is 5. The minimum absolute atomic E-state index is 0.537. The van der Waals surface area contributed by atoms with Gasteiger partial charge in [0, 0.05) is 18.5 Å². The second-order valence-corrected chi connectivity index (χ2v) is 3.40. The molecule has 0 atom stereocenters. The molecule has 0 saturated carbocycles. The normalized spacial score (nSPS) is 10.6. The van der Waals surface area contributed by atoms with E-state index in [4.69, 9.17) is 4.74 Å². The third-order valence-corrected chi connectivity index (χ3v) is 2.34. The molecule has 0 spiro atoms. The van der Waals surface area contributed by atoms with Crippen LogP contribution in [0.5, 0.6) is 5.88 Å². The highest BCUT2D eigenvalue weighted by molar-refractivity contribution is 5.75. The minimum atomic E-state index is 0.537. The lowest BCUT2D eigenvalue weighted by molar-refractivity contribution is 0.399. The molecule has 0 unspecified atom stereocenters. The summed E-state index contributed by atoms with van der Waals surface area (Å²) in [6.45, 7) is 0. The molecule has 1 N–H and O–H groups in total. The molecule has 3 aromatic rings. The molecule has 3 rings (SSSR count). The van der Waals surface area contributed by atoms with Crippen molar-refractivity contribution < 1.29 is 4.74 Å². The van der Waals surface area contributed by atoms with Crippen molar-refractivity contribution >= 4 is 11.2 Å². The van der Waals surface area contributed by atoms with E-state index in [1.807, 2.05) is 6.07 Å². The van der Waals surface area contributed by atoms with Crippen molar-refractivity contribution in [1.29, 1.82) is 0 Å². The maximum atomic E-state index is 5.04. The molecule has 0 amide bonds. The van der Waals surface area contributed by atoms with Crippen molar-refractivity contribution in [3.63, 3.8) is 0 Å². The zero-order chi connectivity index (χ0) is 11.7. The molecule has 0 aliphatic carbocycles. The van der Waals surface area contributed by atoms with Crippen LogP contribution in [0, 0.1) is 0 Å². The Hall–Kier alpha value is -2.50. The van der Waals surface area contributed by atoms with Crippen LogP contribution in [0.3, 0.4) is 0 Å². The number of pyridine rings is 1. The first-order chi connectivity index (χ1) is 8.36. The van der Waals surface area contributed by atoms with Crippen LogP contribution in [0.1, 0.15) is 0 Å². The molecule has 0 aromatic carbocycles. The van der Waals surface area contributed by atoms with Crippen LogP contribution in [0.4, 0.5) is 0 Å². The maximum absolute atomic E-state index is 5.04. The minimum Gasteiger partial charge on any atom is -0.481 e. The van der Waals surface area contributed by atoms with Gasteiger partial charge in [-0.2, -0.15) is 4.98 Å². The summed E-state index contributed by atoms with van der Waals surface area (Å²) >= 11 is 0. The molecule has 6 heteroatoms. The molecule has 0 saturated heterocycles. The fourth-order valence-corrected chi connectivity index (χ4v) is 1.53. The number of nitrogens with one attached hydrogen (secondary N) is 1. The lowest BCUT2D eigenvalue weighted by Gasteiger charge is -1.95. The fourth-order valence-electron chi connectivity index (χ4n) is 1.53. The van der Waals surface area contributed by atoms with Crippen LogP contribution in [0.2, 0.25) is 0 Å². The summed E-state index contributed by atoms with van der Waals surface area (Å²) in [5.74, 6) is 1.18. The van der Waals surface area contributed by atoms with Crippen molar-refractivity contribution in [2.75, 3.05) is 7.11 Å². The van der Waals surface area contributed by atoms with E-state index in [1.165, 1.54) is 0 Å². The van der Waals surface area contributed by atoms with Crippen LogP contribution in [0.25, 0.3) is 22.7 Å². The molecule has 3 heterocycles. The van der Waals surface area contributed by atoms with E-state index in [1.54, 1.807) is 31.8 Å². The lowest BCUT2D eigenvalue weighted by atomic mass is 10.4. The topological polar surface area (TPSA) is 76.6 Å². The van der Waals surface area contributed by atoms with Gasteiger partial charge in [0.2, 0.25) is 5.88 Å². The van der Waals surface area contributed by atoms with E-state index in [0.717, 1.165) is 5.52 Å². The van der Waals surface area contributed by atoms with E-state index in [2.05, 4.69) is 24.9 Å². The molecule has 0 radical (unpaired) electrons. The number of hydrogen-bond donors (Lipinski definition) is 1. The van der Waals surface area contributed by atoms with Gasteiger partial charge < -0.3 is 9.72 Å². The fraction of sp³-hybridized carbons (Fsp3) is 0.0909. The number of rotatable bonds is 2. The Morgan fingerprint density at radius 3 is 2.88 bits per heavy atom. The Morgan fingerprint density at radius 2 is 2.12 bits per heavy atom. The number of nitrogens with zero attached hydrogens (tertiary/aromatic N) is 4. The Labute approximate surface area is 96.7 Å². The standard InChI is InChI=1S/C11H9N5O/c1-17-9-3-2-7-10(15-9)16-11(14-7)8-6-12-4-5-13-8/h2-6H,1H3,(H,14,15,16). The van der Waals surface area contributed by atoms with Crippen LogP contribution in [-0.4, -0.2) is 32.0 Å². The average molecular weight is 227 g/mol. The second kappa shape index (κ2) is 3.82. The highest BCUT2D eigenvalue weighted by Gasteiger charge is 2.07. The van der Waals surface area contributed by atoms with Gasteiger partial charge in [-0.25, -0.2) is 9.97 Å². The molecular formula is C11H9N5O. The summed E-state index contributed by atoms with van der Waals surface area (Å²) in [5, 5.41) is 0. The van der Waals surface area contributed by atoms with E-state index >= 15 is 0 Å². The van der Waals surface area contributed by atoms with Crippen molar-refractivity contribution in [3.8, 4) is 17.4 Å². The van der Waals surface area contributed by atoms with Crippen molar-refractivity contribution in [2.45, 2.75) is 0 Å². The number of aromatic amines is 1. The number of fused-ring (bicyclic) bond motifs is 1. The quantitative estimate of drug-likeness (QED) is 0.716. The first kappa shape index (κ1) is 9.71. The van der Waals surface area contributed by atoms with Crippen LogP contribution < -0.4 is 4.74 Å². The summed E-state index contributed by atoms with van der Waals surface area (Å²) < 4.78 is 5.04. The van der Waals surface area contributed by atoms with Gasteiger partial charge >= 0.3 is 0 Å². The number of imidazole rings is 1. The zero-order valence-electron chi connectivity index (χ0n) is 9.08. The van der Waals surface area contributed by atoms with Gasteiger partial charge in [0.25, 0.3) is 0 Å². The van der Waals surface area contributed by atoms with E-state index < -0.39 is 0 Å². The van der Waals surface area contributed by atoms with Gasteiger partial charge in [0.05, 0.1) is 18.8 Å². The second-order valence-electron chi connectivity index (χ2n) is 3.40. The zero-order valence-corrected chi connectivity index (χ0v) is 9.08. The SMILES string of the molecule is COc1ccc2[nH]c(-c3cnccn3)nc2n1. The molecule has 84 valence electrons. The summed E-state index contributed by atoms with van der Waals surface area (Å²) in [4.78, 5) is 19.9. The Bertz CT molecular complexity index is 649. The number of methoxy groups -OCH3 is 1. The molecule has 6 nitrogen and oxygen atoms in total. The van der Waals surface area contributed by atoms with E-state index in [0.29, 0.717) is 23.0 Å². The largest absolute Gasteiger partial charge is 0.481 e. The molecule has 0 bridgehead atoms. The number of hydrogen-bond acceptors (Lipinski definition) is 5.